The summed E-state index contributed by atoms with van der Waals surface area (Å²) in [6.07, 6.45) is 2.36. The van der Waals surface area contributed by atoms with Crippen molar-refractivity contribution in [2.75, 3.05) is 6.54 Å². The van der Waals surface area contributed by atoms with Crippen molar-refractivity contribution >= 4 is 0 Å². The SMILES string of the molecule is CC(C)N1CC(C)[C@@]2(C)CC1Cc1ccc(O)cc12. The zero-order chi connectivity index (χ0) is 13.8. The van der Waals surface area contributed by atoms with Crippen LogP contribution < -0.4 is 0 Å². The minimum atomic E-state index is 0.225. The Morgan fingerprint density at radius 3 is 2.79 bits per heavy atom. The first-order valence-corrected chi connectivity index (χ1v) is 7.50. The second-order valence-corrected chi connectivity index (χ2v) is 7.01. The quantitative estimate of drug-likeness (QED) is 0.836. The highest BCUT2D eigenvalue weighted by Gasteiger charge is 2.47. The van der Waals surface area contributed by atoms with E-state index in [1.807, 2.05) is 12.1 Å². The molecule has 2 nitrogen and oxygen atoms in total. The number of aromatic hydroxyl groups is 1. The van der Waals surface area contributed by atoms with Gasteiger partial charge in [0.2, 0.25) is 0 Å². The molecule has 19 heavy (non-hydrogen) atoms. The van der Waals surface area contributed by atoms with E-state index in [2.05, 4.69) is 38.7 Å². The fourth-order valence-corrected chi connectivity index (χ4v) is 4.20. The molecule has 0 radical (unpaired) electrons. The van der Waals surface area contributed by atoms with Crippen LogP contribution in [0, 0.1) is 5.92 Å². The highest BCUT2D eigenvalue weighted by atomic mass is 16.3. The normalized spacial score (nSPS) is 34.4. The van der Waals surface area contributed by atoms with Crippen LogP contribution in [-0.2, 0) is 11.8 Å². The van der Waals surface area contributed by atoms with E-state index < -0.39 is 0 Å². The summed E-state index contributed by atoms with van der Waals surface area (Å²) < 4.78 is 0. The summed E-state index contributed by atoms with van der Waals surface area (Å²) in [6, 6.07) is 7.26. The van der Waals surface area contributed by atoms with Crippen molar-refractivity contribution in [1.29, 1.82) is 0 Å². The van der Waals surface area contributed by atoms with Gasteiger partial charge in [-0.15, -0.1) is 0 Å². The van der Waals surface area contributed by atoms with Gasteiger partial charge in [0.1, 0.15) is 5.75 Å². The first-order chi connectivity index (χ1) is 8.91. The fraction of sp³-hybridized carbons (Fsp3) is 0.647. The number of hydrogen-bond acceptors (Lipinski definition) is 2. The van der Waals surface area contributed by atoms with E-state index in [9.17, 15) is 5.11 Å². The van der Waals surface area contributed by atoms with Gasteiger partial charge in [0.05, 0.1) is 0 Å². The minimum Gasteiger partial charge on any atom is -0.508 e. The van der Waals surface area contributed by atoms with Crippen molar-refractivity contribution in [2.24, 2.45) is 5.92 Å². The van der Waals surface area contributed by atoms with E-state index in [0.717, 1.165) is 6.42 Å². The summed E-state index contributed by atoms with van der Waals surface area (Å²) in [5, 5.41) is 9.82. The van der Waals surface area contributed by atoms with Crippen LogP contribution in [0.15, 0.2) is 18.2 Å². The Morgan fingerprint density at radius 1 is 1.37 bits per heavy atom. The number of fused-ring (bicyclic) bond motifs is 4. The topological polar surface area (TPSA) is 23.5 Å². The molecule has 1 aliphatic carbocycles. The number of phenols is 1. The molecule has 1 aliphatic heterocycles. The maximum atomic E-state index is 9.82. The molecule has 1 aromatic rings. The number of benzene rings is 1. The largest absolute Gasteiger partial charge is 0.508 e. The molecule has 2 heteroatoms. The predicted octanol–water partition coefficient (Wildman–Crippen LogP) is 3.32. The van der Waals surface area contributed by atoms with Crippen molar-refractivity contribution in [3.63, 3.8) is 0 Å². The highest BCUT2D eigenvalue weighted by molar-refractivity contribution is 5.43. The van der Waals surface area contributed by atoms with Crippen LogP contribution in [-0.4, -0.2) is 28.6 Å². The first-order valence-electron chi connectivity index (χ1n) is 7.50. The standard InChI is InChI=1S/C17H25NO/c1-11(2)18-10-12(3)17(4)9-14(18)7-13-5-6-15(19)8-16(13)17/h5-6,8,11-12,14,19H,7,9-10H2,1-4H3/t12?,14?,17-/m1/s1. The van der Waals surface area contributed by atoms with Crippen LogP contribution in [0.2, 0.25) is 0 Å². The molecule has 0 saturated carbocycles. The Morgan fingerprint density at radius 2 is 2.11 bits per heavy atom. The smallest absolute Gasteiger partial charge is 0.115 e. The lowest BCUT2D eigenvalue weighted by Gasteiger charge is -2.54. The summed E-state index contributed by atoms with van der Waals surface area (Å²) in [7, 11) is 0. The molecule has 0 amide bonds. The van der Waals surface area contributed by atoms with Crippen LogP contribution in [0.4, 0.5) is 0 Å². The Hall–Kier alpha value is -1.02. The lowest BCUT2D eigenvalue weighted by molar-refractivity contribution is 0.0221. The molecular weight excluding hydrogens is 234 g/mol. The third-order valence-electron chi connectivity index (χ3n) is 5.53. The number of rotatable bonds is 1. The van der Waals surface area contributed by atoms with Crippen LogP contribution in [0.25, 0.3) is 0 Å². The molecule has 1 aromatic carbocycles. The van der Waals surface area contributed by atoms with Crippen LogP contribution in [0.5, 0.6) is 5.75 Å². The molecule has 1 heterocycles. The summed E-state index contributed by atoms with van der Waals surface area (Å²) in [6.45, 7) is 10.5. The van der Waals surface area contributed by atoms with Gasteiger partial charge in [-0.05, 0) is 61.3 Å². The molecule has 2 bridgehead atoms. The molecule has 1 saturated heterocycles. The van der Waals surface area contributed by atoms with Gasteiger partial charge >= 0.3 is 0 Å². The Bertz CT molecular complexity index is 496. The molecule has 2 aliphatic rings. The zero-order valence-electron chi connectivity index (χ0n) is 12.5. The molecule has 104 valence electrons. The average Bonchev–Trinajstić information content (AvgIpc) is 2.35. The lowest BCUT2D eigenvalue weighted by atomic mass is 9.60. The zero-order valence-corrected chi connectivity index (χ0v) is 12.5. The molecular formula is C17H25NO. The van der Waals surface area contributed by atoms with E-state index in [4.69, 9.17) is 0 Å². The average molecular weight is 259 g/mol. The second kappa shape index (κ2) is 4.24. The van der Waals surface area contributed by atoms with Crippen molar-refractivity contribution in [3.05, 3.63) is 29.3 Å². The highest BCUT2D eigenvalue weighted by Crippen LogP contribution is 2.48. The molecule has 3 rings (SSSR count). The van der Waals surface area contributed by atoms with Gasteiger partial charge in [0.15, 0.2) is 0 Å². The summed E-state index contributed by atoms with van der Waals surface area (Å²) >= 11 is 0. The fourth-order valence-electron chi connectivity index (χ4n) is 4.20. The van der Waals surface area contributed by atoms with Gasteiger partial charge in [-0.2, -0.15) is 0 Å². The molecule has 0 spiro atoms. The Labute approximate surface area is 116 Å². The monoisotopic (exact) mass is 259 g/mol. The van der Waals surface area contributed by atoms with E-state index in [1.54, 1.807) is 0 Å². The molecule has 3 atom stereocenters. The second-order valence-electron chi connectivity index (χ2n) is 7.01. The number of phenolic OH excluding ortho intramolecular Hbond substituents is 1. The third kappa shape index (κ3) is 1.88. The van der Waals surface area contributed by atoms with Crippen molar-refractivity contribution < 1.29 is 5.11 Å². The summed E-state index contributed by atoms with van der Waals surface area (Å²) in [5.41, 5.74) is 3.05. The maximum absolute atomic E-state index is 9.82. The van der Waals surface area contributed by atoms with Gasteiger partial charge < -0.3 is 5.11 Å². The van der Waals surface area contributed by atoms with Gasteiger partial charge in [-0.1, -0.05) is 19.9 Å². The number of likely N-dealkylation sites (tertiary alicyclic amines) is 1. The van der Waals surface area contributed by atoms with Crippen molar-refractivity contribution in [3.8, 4) is 5.75 Å². The molecule has 1 N–H and O–H groups in total. The Balaban J connectivity index is 2.07. The molecule has 0 aromatic heterocycles. The van der Waals surface area contributed by atoms with Crippen LogP contribution in [0.3, 0.4) is 0 Å². The molecule has 1 fully saturated rings. The maximum Gasteiger partial charge on any atom is 0.115 e. The third-order valence-corrected chi connectivity index (χ3v) is 5.53. The van der Waals surface area contributed by atoms with E-state index in [1.165, 1.54) is 24.1 Å². The van der Waals surface area contributed by atoms with Crippen molar-refractivity contribution in [1.82, 2.24) is 4.90 Å². The number of hydrogen-bond donors (Lipinski definition) is 1. The summed E-state index contributed by atoms with van der Waals surface area (Å²) in [5.74, 6) is 1.05. The predicted molar refractivity (Wildman–Crippen MR) is 78.6 cm³/mol. The van der Waals surface area contributed by atoms with Crippen LogP contribution in [0.1, 0.15) is 45.2 Å². The van der Waals surface area contributed by atoms with E-state index >= 15 is 0 Å². The van der Waals surface area contributed by atoms with Crippen molar-refractivity contribution in [2.45, 2.75) is 58.0 Å². The lowest BCUT2D eigenvalue weighted by Crippen LogP contribution is -2.58. The first kappa shape index (κ1) is 13.0. The van der Waals surface area contributed by atoms with E-state index in [0.29, 0.717) is 23.8 Å². The minimum absolute atomic E-state index is 0.225. The summed E-state index contributed by atoms with van der Waals surface area (Å²) in [4.78, 5) is 2.67. The van der Waals surface area contributed by atoms with E-state index in [-0.39, 0.29) is 5.41 Å². The van der Waals surface area contributed by atoms with Gasteiger partial charge in [-0.25, -0.2) is 0 Å². The number of piperidine rings is 1. The van der Waals surface area contributed by atoms with Gasteiger partial charge in [0, 0.05) is 18.6 Å². The molecule has 2 unspecified atom stereocenters. The number of nitrogens with zero attached hydrogens (tertiary/aromatic N) is 1. The van der Waals surface area contributed by atoms with Gasteiger partial charge in [0.25, 0.3) is 0 Å². The Kier molecular flexibility index (Phi) is 2.90. The van der Waals surface area contributed by atoms with Crippen LogP contribution >= 0.6 is 0 Å². The van der Waals surface area contributed by atoms with Gasteiger partial charge in [-0.3, -0.25) is 4.90 Å².